The number of hydrogen-bond acceptors (Lipinski definition) is 4. The van der Waals surface area contributed by atoms with Gasteiger partial charge in [-0.2, -0.15) is 5.10 Å². The van der Waals surface area contributed by atoms with Crippen LogP contribution in [0.2, 0.25) is 0 Å². The molecule has 1 aliphatic heterocycles. The van der Waals surface area contributed by atoms with Crippen LogP contribution in [-0.4, -0.2) is 38.9 Å². The highest BCUT2D eigenvalue weighted by atomic mass is 16.2. The number of aromatic nitrogens is 2. The van der Waals surface area contributed by atoms with E-state index in [0.717, 1.165) is 16.9 Å². The number of fused-ring (bicyclic) bond motifs is 1. The van der Waals surface area contributed by atoms with E-state index in [0.29, 0.717) is 23.5 Å². The number of imide groups is 1. The van der Waals surface area contributed by atoms with Crippen molar-refractivity contribution in [1.82, 2.24) is 14.7 Å². The lowest BCUT2D eigenvalue weighted by Gasteiger charge is -2.14. The van der Waals surface area contributed by atoms with Crippen molar-refractivity contribution in [1.29, 1.82) is 0 Å². The molecule has 0 spiro atoms. The topological polar surface area (TPSA) is 84.3 Å². The highest BCUT2D eigenvalue weighted by Crippen LogP contribution is 2.22. The van der Waals surface area contributed by atoms with Crippen LogP contribution in [0.5, 0.6) is 0 Å². The fraction of sp³-hybridized carbons (Fsp3) is 0.217. The van der Waals surface area contributed by atoms with Gasteiger partial charge in [0, 0.05) is 19.0 Å². The first-order valence-corrected chi connectivity index (χ1v) is 9.91. The third kappa shape index (κ3) is 3.87. The molecule has 0 bridgehead atoms. The molecule has 0 radical (unpaired) electrons. The number of nitrogens with zero attached hydrogens (tertiary/aromatic N) is 3. The summed E-state index contributed by atoms with van der Waals surface area (Å²) in [6.45, 7) is 2.67. The first kappa shape index (κ1) is 19.6. The maximum Gasteiger partial charge on any atom is 0.261 e. The van der Waals surface area contributed by atoms with Crippen LogP contribution in [0.15, 0.2) is 60.8 Å². The number of carbonyl (C=O) groups is 3. The maximum absolute atomic E-state index is 12.4. The van der Waals surface area contributed by atoms with Gasteiger partial charge in [-0.1, -0.05) is 43.3 Å². The molecule has 0 aliphatic carbocycles. The van der Waals surface area contributed by atoms with Crippen LogP contribution in [-0.2, 0) is 17.8 Å². The molecule has 1 N–H and O–H groups in total. The molecule has 0 saturated heterocycles. The van der Waals surface area contributed by atoms with Gasteiger partial charge < -0.3 is 5.32 Å². The van der Waals surface area contributed by atoms with E-state index >= 15 is 0 Å². The summed E-state index contributed by atoms with van der Waals surface area (Å²) in [6, 6.07) is 16.7. The fourth-order valence-electron chi connectivity index (χ4n) is 3.48. The highest BCUT2D eigenvalue weighted by Gasteiger charge is 2.34. The normalized spacial score (nSPS) is 12.9. The molecule has 4 rings (SSSR count). The lowest BCUT2D eigenvalue weighted by Crippen LogP contribution is -2.33. The zero-order valence-electron chi connectivity index (χ0n) is 16.7. The molecular weight excluding hydrogens is 380 g/mol. The van der Waals surface area contributed by atoms with Gasteiger partial charge >= 0.3 is 0 Å². The molecule has 1 aromatic heterocycles. The lowest BCUT2D eigenvalue weighted by atomic mass is 10.1. The zero-order chi connectivity index (χ0) is 21.1. The summed E-state index contributed by atoms with van der Waals surface area (Å²) in [7, 11) is 0. The van der Waals surface area contributed by atoms with Crippen molar-refractivity contribution in [3.63, 3.8) is 0 Å². The van der Waals surface area contributed by atoms with Crippen molar-refractivity contribution in [2.24, 2.45) is 0 Å². The van der Waals surface area contributed by atoms with E-state index in [-0.39, 0.29) is 30.7 Å². The van der Waals surface area contributed by atoms with Gasteiger partial charge in [0.15, 0.2) is 0 Å². The van der Waals surface area contributed by atoms with Gasteiger partial charge in [-0.05, 0) is 29.7 Å². The fourth-order valence-corrected chi connectivity index (χ4v) is 3.48. The minimum absolute atomic E-state index is 0.0157. The molecule has 3 amide bonds. The Hall–Kier alpha value is -3.74. The van der Waals surface area contributed by atoms with E-state index in [4.69, 9.17) is 0 Å². The second-order valence-electron chi connectivity index (χ2n) is 7.15. The molecule has 0 saturated carbocycles. The van der Waals surface area contributed by atoms with Crippen molar-refractivity contribution in [3.05, 3.63) is 83.0 Å². The Morgan fingerprint density at radius 2 is 1.57 bits per heavy atom. The van der Waals surface area contributed by atoms with Gasteiger partial charge in [-0.3, -0.25) is 19.3 Å². The Bertz CT molecular complexity index is 1070. The lowest BCUT2D eigenvalue weighted by molar-refractivity contribution is -0.116. The van der Waals surface area contributed by atoms with Gasteiger partial charge in [0.2, 0.25) is 5.91 Å². The van der Waals surface area contributed by atoms with Gasteiger partial charge in [-0.15, -0.1) is 0 Å². The molecule has 152 valence electrons. The van der Waals surface area contributed by atoms with E-state index in [1.54, 1.807) is 41.2 Å². The number of aryl methyl sites for hydroxylation is 1. The number of hydrogen-bond donors (Lipinski definition) is 1. The average Bonchev–Trinajstić information content (AvgIpc) is 3.29. The molecule has 1 aliphatic rings. The quantitative estimate of drug-likeness (QED) is 0.616. The third-order valence-corrected chi connectivity index (χ3v) is 5.19. The van der Waals surface area contributed by atoms with Gasteiger partial charge in [0.05, 0.1) is 23.9 Å². The molecule has 2 heterocycles. The number of nitrogens with one attached hydrogen (secondary N) is 1. The summed E-state index contributed by atoms with van der Waals surface area (Å²) in [5.74, 6) is -0.426. The number of rotatable bonds is 7. The largest absolute Gasteiger partial charge is 0.311 e. The van der Waals surface area contributed by atoms with Crippen molar-refractivity contribution in [2.75, 3.05) is 11.9 Å². The van der Waals surface area contributed by atoms with Crippen LogP contribution in [0.25, 0.3) is 0 Å². The molecule has 0 unspecified atom stereocenters. The molecule has 30 heavy (non-hydrogen) atoms. The monoisotopic (exact) mass is 402 g/mol. The minimum Gasteiger partial charge on any atom is -0.311 e. The van der Waals surface area contributed by atoms with Crippen molar-refractivity contribution < 1.29 is 14.4 Å². The predicted octanol–water partition coefficient (Wildman–Crippen LogP) is 3.12. The van der Waals surface area contributed by atoms with Crippen molar-refractivity contribution in [3.8, 4) is 0 Å². The second kappa shape index (κ2) is 8.32. The Balaban J connectivity index is 1.36. The third-order valence-electron chi connectivity index (χ3n) is 5.19. The summed E-state index contributed by atoms with van der Waals surface area (Å²) in [4.78, 5) is 38.4. The van der Waals surface area contributed by atoms with E-state index in [1.165, 1.54) is 5.56 Å². The van der Waals surface area contributed by atoms with E-state index in [9.17, 15) is 14.4 Å². The Labute approximate surface area is 174 Å². The summed E-state index contributed by atoms with van der Waals surface area (Å²) in [6.07, 6.45) is 2.62. The smallest absolute Gasteiger partial charge is 0.261 e. The van der Waals surface area contributed by atoms with E-state index in [2.05, 4.69) is 29.5 Å². The average molecular weight is 402 g/mol. The summed E-state index contributed by atoms with van der Waals surface area (Å²) in [5.41, 5.74) is 3.11. The van der Waals surface area contributed by atoms with E-state index < -0.39 is 0 Å². The summed E-state index contributed by atoms with van der Waals surface area (Å²) >= 11 is 0. The molecule has 2 aromatic carbocycles. The number of amides is 3. The number of carbonyl (C=O) groups excluding carboxylic acids is 3. The number of benzene rings is 2. The van der Waals surface area contributed by atoms with Crippen molar-refractivity contribution in [2.45, 2.75) is 26.3 Å². The Morgan fingerprint density at radius 1 is 0.933 bits per heavy atom. The minimum atomic E-state index is -0.357. The van der Waals surface area contributed by atoms with Crippen LogP contribution in [0.3, 0.4) is 0 Å². The van der Waals surface area contributed by atoms with Crippen LogP contribution >= 0.6 is 0 Å². The molecule has 0 atom stereocenters. The highest BCUT2D eigenvalue weighted by molar-refractivity contribution is 6.21. The van der Waals surface area contributed by atoms with Crippen LogP contribution in [0.4, 0.5) is 5.82 Å². The first-order valence-electron chi connectivity index (χ1n) is 9.91. The standard InChI is InChI=1S/C23H22N4O3/c1-2-16-7-9-17(10-8-16)15-27-20(11-13-24-27)25-21(28)12-14-26-22(29)18-5-3-4-6-19(18)23(26)30/h3-11,13H,2,12,14-15H2,1H3,(H,25,28). The molecule has 7 heteroatoms. The Morgan fingerprint density at radius 3 is 2.20 bits per heavy atom. The van der Waals surface area contributed by atoms with Gasteiger partial charge in [0.1, 0.15) is 5.82 Å². The van der Waals surface area contributed by atoms with Crippen molar-refractivity contribution >= 4 is 23.5 Å². The van der Waals surface area contributed by atoms with E-state index in [1.807, 2.05) is 12.1 Å². The van der Waals surface area contributed by atoms with Gasteiger partial charge in [-0.25, -0.2) is 4.68 Å². The predicted molar refractivity (Wildman–Crippen MR) is 112 cm³/mol. The number of anilines is 1. The Kier molecular flexibility index (Phi) is 5.43. The SMILES string of the molecule is CCc1ccc(Cn2nccc2NC(=O)CCN2C(=O)c3ccccc3C2=O)cc1. The first-order chi connectivity index (χ1) is 14.6. The molecule has 7 nitrogen and oxygen atoms in total. The van der Waals surface area contributed by atoms with Crippen LogP contribution in [0.1, 0.15) is 45.2 Å². The van der Waals surface area contributed by atoms with Crippen LogP contribution in [0, 0.1) is 0 Å². The molecule has 0 fully saturated rings. The molecular formula is C23H22N4O3. The van der Waals surface area contributed by atoms with Crippen LogP contribution < -0.4 is 5.32 Å². The zero-order valence-corrected chi connectivity index (χ0v) is 16.7. The second-order valence-corrected chi connectivity index (χ2v) is 7.15. The summed E-state index contributed by atoms with van der Waals surface area (Å²) in [5, 5.41) is 7.10. The van der Waals surface area contributed by atoms with Gasteiger partial charge in [0.25, 0.3) is 11.8 Å². The molecule has 3 aromatic rings. The maximum atomic E-state index is 12.4. The summed E-state index contributed by atoms with van der Waals surface area (Å²) < 4.78 is 1.71.